The smallest absolute Gasteiger partial charge is 0.227 e. The van der Waals surface area contributed by atoms with E-state index in [1.807, 2.05) is 23.1 Å². The number of rotatable bonds is 4. The zero-order chi connectivity index (χ0) is 17.2. The van der Waals surface area contributed by atoms with Crippen molar-refractivity contribution in [2.75, 3.05) is 32.1 Å². The van der Waals surface area contributed by atoms with Gasteiger partial charge in [-0.2, -0.15) is 0 Å². The predicted molar refractivity (Wildman–Crippen MR) is 94.0 cm³/mol. The number of amides is 1. The lowest BCUT2D eigenvalue weighted by Gasteiger charge is -2.41. The van der Waals surface area contributed by atoms with E-state index in [1.54, 1.807) is 0 Å². The molecule has 2 heterocycles. The molecule has 2 aliphatic heterocycles. The molecule has 1 aromatic rings. The molecule has 0 N–H and O–H groups in total. The van der Waals surface area contributed by atoms with Gasteiger partial charge in [0.05, 0.1) is 11.2 Å². The maximum atomic E-state index is 12.7. The number of benzene rings is 1. The number of carbonyl (C=O) groups is 1. The Bertz CT molecular complexity index is 642. The molecule has 0 aliphatic carbocycles. The molecule has 0 aromatic heterocycles. The quantitative estimate of drug-likeness (QED) is 0.834. The first-order valence-electron chi connectivity index (χ1n) is 8.63. The lowest BCUT2D eigenvalue weighted by Crippen LogP contribution is -2.55. The summed E-state index contributed by atoms with van der Waals surface area (Å²) >= 11 is 0. The highest BCUT2D eigenvalue weighted by Gasteiger charge is 2.40. The Balaban J connectivity index is 1.70. The normalized spacial score (nSPS) is 22.2. The summed E-state index contributed by atoms with van der Waals surface area (Å²) in [7, 11) is -0.853. The van der Waals surface area contributed by atoms with E-state index < -0.39 is 10.8 Å². The van der Waals surface area contributed by atoms with E-state index in [2.05, 4.69) is 13.8 Å². The van der Waals surface area contributed by atoms with Crippen molar-refractivity contribution in [3.63, 3.8) is 0 Å². The largest absolute Gasteiger partial charge is 0.486 e. The van der Waals surface area contributed by atoms with Crippen LogP contribution >= 0.6 is 0 Å². The fourth-order valence-electron chi connectivity index (χ4n) is 3.40. The highest BCUT2D eigenvalue weighted by Crippen LogP contribution is 2.32. The average Bonchev–Trinajstić information content (AvgIpc) is 2.62. The van der Waals surface area contributed by atoms with Gasteiger partial charge in [-0.15, -0.1) is 0 Å². The zero-order valence-corrected chi connectivity index (χ0v) is 15.2. The Morgan fingerprint density at radius 3 is 2.62 bits per heavy atom. The summed E-state index contributed by atoms with van der Waals surface area (Å²) in [5.74, 6) is 2.12. The third kappa shape index (κ3) is 3.29. The Labute approximate surface area is 145 Å². The van der Waals surface area contributed by atoms with E-state index in [0.717, 1.165) is 24.2 Å². The van der Waals surface area contributed by atoms with Crippen molar-refractivity contribution >= 4 is 16.7 Å². The van der Waals surface area contributed by atoms with Gasteiger partial charge in [-0.25, -0.2) is 0 Å². The third-order valence-electron chi connectivity index (χ3n) is 5.11. The molecule has 3 rings (SSSR count). The standard InChI is InChI=1S/C18H25NO4S/c1-3-18(4-2)13-19(7-10-24(18)21)17(20)12-14-5-6-15-16(11-14)23-9-8-22-15/h5-6,11H,3-4,7-10,12-13H2,1-2H3. The Morgan fingerprint density at radius 2 is 1.92 bits per heavy atom. The van der Waals surface area contributed by atoms with Gasteiger partial charge >= 0.3 is 0 Å². The predicted octanol–water partition coefficient (Wildman–Crippen LogP) is 2.15. The molecule has 6 heteroatoms. The highest BCUT2D eigenvalue weighted by molar-refractivity contribution is 7.86. The van der Waals surface area contributed by atoms with Gasteiger partial charge in [-0.05, 0) is 30.5 Å². The molecule has 1 aromatic carbocycles. The number of nitrogens with zero attached hydrogens (tertiary/aromatic N) is 1. The van der Waals surface area contributed by atoms with Crippen molar-refractivity contribution in [3.05, 3.63) is 23.8 Å². The molecule has 132 valence electrons. The van der Waals surface area contributed by atoms with E-state index in [9.17, 15) is 9.00 Å². The van der Waals surface area contributed by atoms with Gasteiger partial charge in [-0.3, -0.25) is 9.00 Å². The van der Waals surface area contributed by atoms with E-state index in [-0.39, 0.29) is 10.7 Å². The van der Waals surface area contributed by atoms with Crippen LogP contribution in [0.1, 0.15) is 32.3 Å². The zero-order valence-electron chi connectivity index (χ0n) is 14.4. The summed E-state index contributed by atoms with van der Waals surface area (Å²) in [5, 5.41) is 0. The van der Waals surface area contributed by atoms with Crippen molar-refractivity contribution in [2.45, 2.75) is 37.9 Å². The van der Waals surface area contributed by atoms with Crippen LogP contribution < -0.4 is 9.47 Å². The summed E-state index contributed by atoms with van der Waals surface area (Å²) in [5.41, 5.74) is 0.926. The van der Waals surface area contributed by atoms with Crippen molar-refractivity contribution in [3.8, 4) is 11.5 Å². The van der Waals surface area contributed by atoms with Gasteiger partial charge in [-0.1, -0.05) is 19.9 Å². The van der Waals surface area contributed by atoms with Crippen molar-refractivity contribution in [2.24, 2.45) is 0 Å². The number of ether oxygens (including phenoxy) is 2. The Morgan fingerprint density at radius 1 is 1.21 bits per heavy atom. The molecule has 1 unspecified atom stereocenters. The van der Waals surface area contributed by atoms with Crippen LogP contribution in [0.15, 0.2) is 18.2 Å². The topological polar surface area (TPSA) is 55.8 Å². The SMILES string of the molecule is CCC1(CC)CN(C(=O)Cc2ccc3c(c2)OCCO3)CCS1=O. The first-order valence-corrected chi connectivity index (χ1v) is 9.94. The Hall–Kier alpha value is -1.56. The lowest BCUT2D eigenvalue weighted by atomic mass is 10.0. The molecular formula is C18H25NO4S. The van der Waals surface area contributed by atoms with Crippen molar-refractivity contribution < 1.29 is 18.5 Å². The van der Waals surface area contributed by atoms with Crippen LogP contribution in [0.25, 0.3) is 0 Å². The van der Waals surface area contributed by atoms with Gasteiger partial charge in [0.1, 0.15) is 13.2 Å². The minimum atomic E-state index is -0.853. The van der Waals surface area contributed by atoms with Gasteiger partial charge in [0, 0.05) is 29.6 Å². The lowest BCUT2D eigenvalue weighted by molar-refractivity contribution is -0.130. The molecular weight excluding hydrogens is 326 g/mol. The van der Waals surface area contributed by atoms with Crippen LogP contribution in [0.3, 0.4) is 0 Å². The first-order chi connectivity index (χ1) is 11.6. The van der Waals surface area contributed by atoms with Gasteiger partial charge in [0.25, 0.3) is 0 Å². The van der Waals surface area contributed by atoms with Crippen molar-refractivity contribution in [1.29, 1.82) is 0 Å². The number of hydrogen-bond donors (Lipinski definition) is 0. The fourth-order valence-corrected chi connectivity index (χ4v) is 5.16. The van der Waals surface area contributed by atoms with Gasteiger partial charge < -0.3 is 14.4 Å². The molecule has 0 saturated carbocycles. The van der Waals surface area contributed by atoms with Crippen LogP contribution in [-0.4, -0.2) is 51.8 Å². The highest BCUT2D eigenvalue weighted by atomic mass is 32.2. The molecule has 0 spiro atoms. The third-order valence-corrected chi connectivity index (χ3v) is 7.34. The minimum absolute atomic E-state index is 0.0923. The maximum absolute atomic E-state index is 12.7. The summed E-state index contributed by atoms with van der Waals surface area (Å²) in [4.78, 5) is 14.6. The molecule has 1 amide bonds. The second-order valence-electron chi connectivity index (χ2n) is 6.41. The van der Waals surface area contributed by atoms with Gasteiger partial charge in [0.15, 0.2) is 11.5 Å². The second-order valence-corrected chi connectivity index (χ2v) is 8.38. The fraction of sp³-hybridized carbons (Fsp3) is 0.611. The Kier molecular flexibility index (Phi) is 5.13. The van der Waals surface area contributed by atoms with E-state index in [4.69, 9.17) is 9.47 Å². The van der Waals surface area contributed by atoms with E-state index >= 15 is 0 Å². The first kappa shape index (κ1) is 17.3. The van der Waals surface area contributed by atoms with E-state index in [0.29, 0.717) is 44.2 Å². The summed E-state index contributed by atoms with van der Waals surface area (Å²) in [6.45, 7) is 6.41. The number of fused-ring (bicyclic) bond motifs is 1. The molecule has 1 fully saturated rings. The van der Waals surface area contributed by atoms with Crippen LogP contribution in [0.2, 0.25) is 0 Å². The summed E-state index contributed by atoms with van der Waals surface area (Å²) in [6.07, 6.45) is 2.01. The molecule has 0 radical (unpaired) electrons. The number of hydrogen-bond acceptors (Lipinski definition) is 4. The second kappa shape index (κ2) is 7.13. The summed E-state index contributed by atoms with van der Waals surface area (Å²) in [6, 6.07) is 5.67. The van der Waals surface area contributed by atoms with Crippen LogP contribution in [0.4, 0.5) is 0 Å². The minimum Gasteiger partial charge on any atom is -0.486 e. The van der Waals surface area contributed by atoms with Crippen LogP contribution in [-0.2, 0) is 22.0 Å². The monoisotopic (exact) mass is 351 g/mol. The maximum Gasteiger partial charge on any atom is 0.227 e. The average molecular weight is 351 g/mol. The molecule has 5 nitrogen and oxygen atoms in total. The molecule has 1 saturated heterocycles. The number of carbonyl (C=O) groups excluding carboxylic acids is 1. The van der Waals surface area contributed by atoms with Crippen LogP contribution in [0, 0.1) is 0 Å². The molecule has 2 aliphatic rings. The molecule has 0 bridgehead atoms. The van der Waals surface area contributed by atoms with Crippen LogP contribution in [0.5, 0.6) is 11.5 Å². The van der Waals surface area contributed by atoms with Crippen molar-refractivity contribution in [1.82, 2.24) is 4.90 Å². The summed E-state index contributed by atoms with van der Waals surface area (Å²) < 4.78 is 23.3. The van der Waals surface area contributed by atoms with E-state index in [1.165, 1.54) is 0 Å². The molecule has 24 heavy (non-hydrogen) atoms. The molecule has 1 atom stereocenters. The van der Waals surface area contributed by atoms with Gasteiger partial charge in [0.2, 0.25) is 5.91 Å².